The van der Waals surface area contributed by atoms with Crippen LogP contribution in [0.2, 0.25) is 0 Å². The third-order valence-electron chi connectivity index (χ3n) is 3.42. The Hall–Kier alpha value is 0.230. The summed E-state index contributed by atoms with van der Waals surface area (Å²) in [6.45, 7) is 8.77. The number of nitrogens with zero attached hydrogens (tertiary/aromatic N) is 1. The number of ether oxygens (including phenoxy) is 1. The summed E-state index contributed by atoms with van der Waals surface area (Å²) in [4.78, 5) is 0. The molecule has 0 radical (unpaired) electrons. The van der Waals surface area contributed by atoms with Crippen LogP contribution < -0.4 is 5.32 Å². The zero-order chi connectivity index (χ0) is 13.2. The van der Waals surface area contributed by atoms with Crippen molar-refractivity contribution in [2.45, 2.75) is 58.1 Å². The summed E-state index contributed by atoms with van der Waals surface area (Å²) in [5, 5.41) is 3.69. The molecule has 0 aliphatic carbocycles. The summed E-state index contributed by atoms with van der Waals surface area (Å²) in [6, 6.07) is 0.750. The average Bonchev–Trinajstić information content (AvgIpc) is 2.38. The number of rotatable bonds is 9. The quantitative estimate of drug-likeness (QED) is 0.516. The molecule has 0 saturated carbocycles. The fraction of sp³-hybridized carbons (Fsp3) is 1.00. The van der Waals surface area contributed by atoms with Crippen molar-refractivity contribution >= 4 is 11.9 Å². The average molecular weight is 274 g/mol. The lowest BCUT2D eigenvalue weighted by Gasteiger charge is -2.30. The smallest absolute Gasteiger partial charge is 0.0518 e. The number of hydrogen-bond donors (Lipinski definition) is 1. The van der Waals surface area contributed by atoms with Crippen molar-refractivity contribution in [3.63, 3.8) is 0 Å². The van der Waals surface area contributed by atoms with Crippen molar-refractivity contribution in [1.29, 1.82) is 0 Å². The van der Waals surface area contributed by atoms with Gasteiger partial charge in [-0.1, -0.05) is 11.9 Å². The first kappa shape index (κ1) is 16.3. The maximum atomic E-state index is 5.53. The number of hydrogen-bond acceptors (Lipinski definition) is 4. The molecule has 18 heavy (non-hydrogen) atoms. The van der Waals surface area contributed by atoms with Gasteiger partial charge in [0.15, 0.2) is 0 Å². The summed E-state index contributed by atoms with van der Waals surface area (Å²) in [7, 11) is 0. The number of nitrogens with one attached hydrogen (secondary N) is 1. The highest BCUT2D eigenvalue weighted by atomic mass is 32.2. The highest BCUT2D eigenvalue weighted by Gasteiger charge is 2.17. The zero-order valence-corrected chi connectivity index (χ0v) is 13.1. The Morgan fingerprint density at radius 1 is 1.22 bits per heavy atom. The van der Waals surface area contributed by atoms with Gasteiger partial charge in [-0.25, -0.2) is 0 Å². The van der Waals surface area contributed by atoms with Gasteiger partial charge >= 0.3 is 0 Å². The summed E-state index contributed by atoms with van der Waals surface area (Å²) in [5.74, 6) is 0. The fourth-order valence-electron chi connectivity index (χ4n) is 2.27. The molecular weight excluding hydrogens is 244 g/mol. The first-order chi connectivity index (χ1) is 8.72. The van der Waals surface area contributed by atoms with E-state index in [0.29, 0.717) is 6.10 Å². The van der Waals surface area contributed by atoms with E-state index in [9.17, 15) is 0 Å². The molecule has 0 aromatic rings. The number of piperidine rings is 1. The van der Waals surface area contributed by atoms with Crippen LogP contribution in [-0.2, 0) is 4.74 Å². The molecule has 0 aromatic heterocycles. The third-order valence-corrected chi connectivity index (χ3v) is 4.30. The number of unbranched alkanes of at least 4 members (excludes halogenated alkanes) is 2. The van der Waals surface area contributed by atoms with E-state index < -0.39 is 0 Å². The molecule has 3 nitrogen and oxygen atoms in total. The van der Waals surface area contributed by atoms with Crippen molar-refractivity contribution in [2.24, 2.45) is 0 Å². The molecule has 108 valence electrons. The van der Waals surface area contributed by atoms with E-state index in [2.05, 4.69) is 29.7 Å². The first-order valence-corrected chi connectivity index (χ1v) is 8.54. The monoisotopic (exact) mass is 274 g/mol. The molecule has 0 unspecified atom stereocenters. The van der Waals surface area contributed by atoms with Crippen LogP contribution >= 0.6 is 11.9 Å². The van der Waals surface area contributed by atoms with E-state index >= 15 is 0 Å². The maximum Gasteiger partial charge on any atom is 0.0518 e. The van der Waals surface area contributed by atoms with E-state index in [0.717, 1.165) is 12.6 Å². The van der Waals surface area contributed by atoms with E-state index in [4.69, 9.17) is 4.74 Å². The van der Waals surface area contributed by atoms with E-state index in [1.54, 1.807) is 0 Å². The minimum atomic E-state index is 0.379. The van der Waals surface area contributed by atoms with Crippen LogP contribution in [0.1, 0.15) is 46.0 Å². The molecule has 1 rings (SSSR count). The van der Waals surface area contributed by atoms with Crippen LogP contribution in [0.25, 0.3) is 0 Å². The van der Waals surface area contributed by atoms with Gasteiger partial charge in [0.1, 0.15) is 0 Å². The zero-order valence-electron chi connectivity index (χ0n) is 12.3. The molecule has 1 saturated heterocycles. The Kier molecular flexibility index (Phi) is 9.11. The highest BCUT2D eigenvalue weighted by molar-refractivity contribution is 7.96. The van der Waals surface area contributed by atoms with Gasteiger partial charge in [-0.15, -0.1) is 0 Å². The topological polar surface area (TPSA) is 24.5 Å². The molecule has 0 atom stereocenters. The van der Waals surface area contributed by atoms with Gasteiger partial charge in [-0.05, 0) is 58.8 Å². The van der Waals surface area contributed by atoms with Gasteiger partial charge in [0.25, 0.3) is 0 Å². The summed E-state index contributed by atoms with van der Waals surface area (Å²) >= 11 is 1.88. The van der Waals surface area contributed by atoms with Gasteiger partial charge in [0.2, 0.25) is 0 Å². The molecule has 1 N–H and O–H groups in total. The molecule has 0 amide bonds. The minimum Gasteiger partial charge on any atom is -0.379 e. The summed E-state index contributed by atoms with van der Waals surface area (Å²) < 4.78 is 7.99. The fourth-order valence-corrected chi connectivity index (χ4v) is 2.85. The van der Waals surface area contributed by atoms with Crippen LogP contribution in [0, 0.1) is 0 Å². The van der Waals surface area contributed by atoms with E-state index in [-0.39, 0.29) is 0 Å². The van der Waals surface area contributed by atoms with Gasteiger partial charge < -0.3 is 10.1 Å². The Morgan fingerprint density at radius 2 is 1.94 bits per heavy atom. The Bertz CT molecular complexity index is 194. The van der Waals surface area contributed by atoms with Crippen molar-refractivity contribution in [1.82, 2.24) is 9.62 Å². The lowest BCUT2D eigenvalue weighted by Crippen LogP contribution is -2.40. The molecule has 1 aliphatic heterocycles. The molecule has 0 spiro atoms. The van der Waals surface area contributed by atoms with Gasteiger partial charge in [-0.3, -0.25) is 4.31 Å². The van der Waals surface area contributed by atoms with Gasteiger partial charge in [0, 0.05) is 25.7 Å². The third kappa shape index (κ3) is 7.62. The molecular formula is C14H30N2OS. The molecule has 0 bridgehead atoms. The lowest BCUT2D eigenvalue weighted by atomic mass is 10.1. The van der Waals surface area contributed by atoms with E-state index in [1.165, 1.54) is 51.7 Å². The standard InChI is InChI=1S/C14H30N2OS/c1-13(2)17-12-6-4-5-9-15-14-7-10-16(18-3)11-8-14/h13-15H,4-12H2,1-3H3. The van der Waals surface area contributed by atoms with Crippen LogP contribution in [-0.4, -0.2) is 48.9 Å². The second kappa shape index (κ2) is 10.1. The maximum absolute atomic E-state index is 5.53. The first-order valence-electron chi connectivity index (χ1n) is 7.36. The van der Waals surface area contributed by atoms with Crippen LogP contribution in [0.5, 0.6) is 0 Å². The summed E-state index contributed by atoms with van der Waals surface area (Å²) in [5.41, 5.74) is 0. The van der Waals surface area contributed by atoms with Crippen molar-refractivity contribution in [3.05, 3.63) is 0 Å². The van der Waals surface area contributed by atoms with Crippen molar-refractivity contribution < 1.29 is 4.74 Å². The highest BCUT2D eigenvalue weighted by Crippen LogP contribution is 2.16. The second-order valence-corrected chi connectivity index (χ2v) is 6.20. The van der Waals surface area contributed by atoms with Crippen LogP contribution in [0.4, 0.5) is 0 Å². The molecule has 1 fully saturated rings. The molecule has 1 aliphatic rings. The van der Waals surface area contributed by atoms with Crippen LogP contribution in [0.15, 0.2) is 0 Å². The summed E-state index contributed by atoms with van der Waals surface area (Å²) in [6.07, 6.45) is 8.92. The Balaban J connectivity index is 1.86. The molecule has 0 aromatic carbocycles. The largest absolute Gasteiger partial charge is 0.379 e. The minimum absolute atomic E-state index is 0.379. The predicted octanol–water partition coefficient (Wildman–Crippen LogP) is 2.91. The predicted molar refractivity (Wildman–Crippen MR) is 81.1 cm³/mol. The molecule has 4 heteroatoms. The normalized spacial score (nSPS) is 18.7. The molecule has 1 heterocycles. The second-order valence-electron chi connectivity index (χ2n) is 5.32. The van der Waals surface area contributed by atoms with Gasteiger partial charge in [0.05, 0.1) is 6.10 Å². The van der Waals surface area contributed by atoms with Crippen LogP contribution in [0.3, 0.4) is 0 Å². The lowest BCUT2D eigenvalue weighted by molar-refractivity contribution is 0.0757. The Labute approximate surface area is 117 Å². The Morgan fingerprint density at radius 3 is 2.56 bits per heavy atom. The van der Waals surface area contributed by atoms with E-state index in [1.807, 2.05) is 11.9 Å². The van der Waals surface area contributed by atoms with Crippen molar-refractivity contribution in [2.75, 3.05) is 32.5 Å². The van der Waals surface area contributed by atoms with Crippen molar-refractivity contribution in [3.8, 4) is 0 Å². The van der Waals surface area contributed by atoms with Gasteiger partial charge in [-0.2, -0.15) is 0 Å². The SMILES string of the molecule is CSN1CCC(NCCCCCOC(C)C)CC1.